The lowest BCUT2D eigenvalue weighted by atomic mass is 10.1. The van der Waals surface area contributed by atoms with E-state index < -0.39 is 0 Å². The zero-order chi connectivity index (χ0) is 19.3. The highest BCUT2D eigenvalue weighted by Gasteiger charge is 2.14. The lowest BCUT2D eigenvalue weighted by molar-refractivity contribution is 0.0946. The Kier molecular flexibility index (Phi) is 5.34. The Hall–Kier alpha value is -3.19. The van der Waals surface area contributed by atoms with Crippen LogP contribution in [0.4, 0.5) is 5.69 Å². The molecule has 7 heteroatoms. The topological polar surface area (TPSA) is 80.5 Å². The number of amides is 1. The molecule has 0 bridgehead atoms. The number of benzene rings is 2. The average Bonchev–Trinajstić information content (AvgIpc) is 3.22. The van der Waals surface area contributed by atoms with Gasteiger partial charge < -0.3 is 19.5 Å². The first kappa shape index (κ1) is 18.2. The predicted molar refractivity (Wildman–Crippen MR) is 105 cm³/mol. The Labute approximate surface area is 163 Å². The normalized spacial score (nSPS) is 14.1. The van der Waals surface area contributed by atoms with Gasteiger partial charge in [0, 0.05) is 29.9 Å². The molecule has 1 saturated heterocycles. The zero-order valence-corrected chi connectivity index (χ0v) is 15.7. The van der Waals surface area contributed by atoms with E-state index in [0.29, 0.717) is 17.3 Å². The molecule has 0 unspecified atom stereocenters. The fourth-order valence-electron chi connectivity index (χ4n) is 3.16. The Balaban J connectivity index is 1.36. The maximum atomic E-state index is 12.4. The third-order valence-electron chi connectivity index (χ3n) is 4.76. The first-order valence-corrected chi connectivity index (χ1v) is 9.30. The molecular formula is C21H22N4O3. The molecule has 0 spiro atoms. The van der Waals surface area contributed by atoms with Crippen molar-refractivity contribution in [2.24, 2.45) is 0 Å². The summed E-state index contributed by atoms with van der Waals surface area (Å²) in [5.41, 5.74) is 3.68. The molecule has 2 aromatic carbocycles. The second-order valence-electron chi connectivity index (χ2n) is 6.66. The molecule has 1 N–H and O–H groups in total. The average molecular weight is 378 g/mol. The molecule has 1 aliphatic heterocycles. The maximum Gasteiger partial charge on any atom is 0.251 e. The van der Waals surface area contributed by atoms with E-state index in [0.717, 1.165) is 43.1 Å². The molecule has 0 atom stereocenters. The minimum Gasteiger partial charge on any atom is -0.378 e. The summed E-state index contributed by atoms with van der Waals surface area (Å²) < 4.78 is 10.6. The molecule has 0 aliphatic carbocycles. The molecule has 2 heterocycles. The standard InChI is InChI=1S/C21H22N4O3/c1-15-4-2-3-5-18(15)20-23-19(28-24-20)14-22-21(26)16-6-8-17(9-7-16)25-10-12-27-13-11-25/h2-9H,10-14H2,1H3,(H,22,26). The Morgan fingerprint density at radius 3 is 2.61 bits per heavy atom. The van der Waals surface area contributed by atoms with Gasteiger partial charge in [-0.25, -0.2) is 0 Å². The summed E-state index contributed by atoms with van der Waals surface area (Å²) >= 11 is 0. The highest BCUT2D eigenvalue weighted by molar-refractivity contribution is 5.94. The van der Waals surface area contributed by atoms with Crippen molar-refractivity contribution in [1.82, 2.24) is 15.5 Å². The number of hydrogen-bond acceptors (Lipinski definition) is 6. The molecule has 1 amide bonds. The molecule has 1 fully saturated rings. The van der Waals surface area contributed by atoms with Crippen LogP contribution in [0.1, 0.15) is 21.8 Å². The number of carbonyl (C=O) groups is 1. The summed E-state index contributed by atoms with van der Waals surface area (Å²) in [6.07, 6.45) is 0. The first-order valence-electron chi connectivity index (χ1n) is 9.30. The Bertz CT molecular complexity index is 946. The molecule has 0 saturated carbocycles. The molecule has 28 heavy (non-hydrogen) atoms. The number of morpholine rings is 1. The second kappa shape index (κ2) is 8.22. The molecule has 144 valence electrons. The van der Waals surface area contributed by atoms with Crippen molar-refractivity contribution in [3.8, 4) is 11.4 Å². The van der Waals surface area contributed by atoms with Crippen LogP contribution in [0.5, 0.6) is 0 Å². The van der Waals surface area contributed by atoms with Crippen LogP contribution in [0.15, 0.2) is 53.1 Å². The van der Waals surface area contributed by atoms with Gasteiger partial charge in [-0.15, -0.1) is 0 Å². The number of nitrogens with one attached hydrogen (secondary N) is 1. The zero-order valence-electron chi connectivity index (χ0n) is 15.7. The van der Waals surface area contributed by atoms with E-state index in [1.807, 2.05) is 55.5 Å². The first-order chi connectivity index (χ1) is 13.7. The number of ether oxygens (including phenoxy) is 1. The van der Waals surface area contributed by atoms with Crippen LogP contribution >= 0.6 is 0 Å². The molecule has 4 rings (SSSR count). The number of rotatable bonds is 5. The Morgan fingerprint density at radius 2 is 1.86 bits per heavy atom. The van der Waals surface area contributed by atoms with Crippen molar-refractivity contribution < 1.29 is 14.1 Å². The number of anilines is 1. The van der Waals surface area contributed by atoms with Gasteiger partial charge >= 0.3 is 0 Å². The van der Waals surface area contributed by atoms with E-state index in [1.165, 1.54) is 0 Å². The molecule has 1 aromatic heterocycles. The van der Waals surface area contributed by atoms with E-state index in [4.69, 9.17) is 9.26 Å². The monoisotopic (exact) mass is 378 g/mol. The van der Waals surface area contributed by atoms with E-state index in [2.05, 4.69) is 20.4 Å². The number of aromatic nitrogens is 2. The quantitative estimate of drug-likeness (QED) is 0.735. The highest BCUT2D eigenvalue weighted by Crippen LogP contribution is 2.20. The predicted octanol–water partition coefficient (Wildman–Crippen LogP) is 2.81. The van der Waals surface area contributed by atoms with E-state index in [-0.39, 0.29) is 12.5 Å². The van der Waals surface area contributed by atoms with Gasteiger partial charge in [0.1, 0.15) is 0 Å². The fraction of sp³-hybridized carbons (Fsp3) is 0.286. The highest BCUT2D eigenvalue weighted by atomic mass is 16.5. The summed E-state index contributed by atoms with van der Waals surface area (Å²) in [5, 5.41) is 6.83. The SMILES string of the molecule is Cc1ccccc1-c1noc(CNC(=O)c2ccc(N3CCOCC3)cc2)n1. The van der Waals surface area contributed by atoms with E-state index in [1.54, 1.807) is 0 Å². The number of carbonyl (C=O) groups excluding carboxylic acids is 1. The molecule has 3 aromatic rings. The molecule has 7 nitrogen and oxygen atoms in total. The summed E-state index contributed by atoms with van der Waals surface area (Å²) in [7, 11) is 0. The largest absolute Gasteiger partial charge is 0.378 e. The lowest BCUT2D eigenvalue weighted by Gasteiger charge is -2.28. The van der Waals surface area contributed by atoms with Gasteiger partial charge in [-0.3, -0.25) is 4.79 Å². The van der Waals surface area contributed by atoms with Gasteiger partial charge in [-0.05, 0) is 36.8 Å². The lowest BCUT2D eigenvalue weighted by Crippen LogP contribution is -2.36. The number of nitrogens with zero attached hydrogens (tertiary/aromatic N) is 3. The van der Waals surface area contributed by atoms with Crippen molar-refractivity contribution in [3.63, 3.8) is 0 Å². The third-order valence-corrected chi connectivity index (χ3v) is 4.76. The van der Waals surface area contributed by atoms with Crippen molar-refractivity contribution in [2.75, 3.05) is 31.2 Å². The van der Waals surface area contributed by atoms with Gasteiger partial charge in [0.05, 0.1) is 19.8 Å². The van der Waals surface area contributed by atoms with Gasteiger partial charge in [-0.1, -0.05) is 29.4 Å². The van der Waals surface area contributed by atoms with Crippen molar-refractivity contribution in [2.45, 2.75) is 13.5 Å². The van der Waals surface area contributed by atoms with Gasteiger partial charge in [0.25, 0.3) is 5.91 Å². The third kappa shape index (κ3) is 4.04. The van der Waals surface area contributed by atoms with Crippen molar-refractivity contribution >= 4 is 11.6 Å². The summed E-state index contributed by atoms with van der Waals surface area (Å²) in [6.45, 7) is 5.38. The van der Waals surface area contributed by atoms with Crippen LogP contribution in [0.3, 0.4) is 0 Å². The van der Waals surface area contributed by atoms with Gasteiger partial charge in [0.15, 0.2) is 0 Å². The van der Waals surface area contributed by atoms with Crippen LogP contribution in [-0.2, 0) is 11.3 Å². The molecular weight excluding hydrogens is 356 g/mol. The van der Waals surface area contributed by atoms with E-state index >= 15 is 0 Å². The minimum absolute atomic E-state index is 0.177. The minimum atomic E-state index is -0.177. The smallest absolute Gasteiger partial charge is 0.251 e. The Morgan fingerprint density at radius 1 is 1.11 bits per heavy atom. The second-order valence-corrected chi connectivity index (χ2v) is 6.66. The van der Waals surface area contributed by atoms with Crippen LogP contribution in [-0.4, -0.2) is 42.4 Å². The maximum absolute atomic E-state index is 12.4. The number of hydrogen-bond donors (Lipinski definition) is 1. The van der Waals surface area contributed by atoms with Crippen LogP contribution < -0.4 is 10.2 Å². The summed E-state index contributed by atoms with van der Waals surface area (Å²) in [5.74, 6) is 0.720. The number of aryl methyl sites for hydroxylation is 1. The van der Waals surface area contributed by atoms with Gasteiger partial charge in [-0.2, -0.15) is 4.98 Å². The summed E-state index contributed by atoms with van der Waals surface area (Å²) in [4.78, 5) is 19.0. The van der Waals surface area contributed by atoms with Crippen LogP contribution in [0.25, 0.3) is 11.4 Å². The molecule has 0 radical (unpaired) electrons. The van der Waals surface area contributed by atoms with Crippen molar-refractivity contribution in [3.05, 3.63) is 65.5 Å². The summed E-state index contributed by atoms with van der Waals surface area (Å²) in [6, 6.07) is 15.4. The van der Waals surface area contributed by atoms with Crippen LogP contribution in [0, 0.1) is 6.92 Å². The fourth-order valence-corrected chi connectivity index (χ4v) is 3.16. The van der Waals surface area contributed by atoms with Gasteiger partial charge in [0.2, 0.25) is 11.7 Å². The molecule has 1 aliphatic rings. The van der Waals surface area contributed by atoms with E-state index in [9.17, 15) is 4.79 Å². The van der Waals surface area contributed by atoms with Crippen molar-refractivity contribution in [1.29, 1.82) is 0 Å². The van der Waals surface area contributed by atoms with Crippen LogP contribution in [0.2, 0.25) is 0 Å².